The molecule has 28 heavy (non-hydrogen) atoms. The molecule has 0 radical (unpaired) electrons. The zero-order chi connectivity index (χ0) is 20.2. The first-order chi connectivity index (χ1) is 13.2. The van der Waals surface area contributed by atoms with Gasteiger partial charge in [0.05, 0.1) is 5.39 Å². The molecule has 7 heteroatoms. The van der Waals surface area contributed by atoms with Gasteiger partial charge in [-0.05, 0) is 39.1 Å². The lowest BCUT2D eigenvalue weighted by Crippen LogP contribution is -2.12. The Morgan fingerprint density at radius 1 is 0.786 bits per heavy atom. The number of aromatic nitrogens is 3. The summed E-state index contributed by atoms with van der Waals surface area (Å²) in [5.41, 5.74) is 0.277. The summed E-state index contributed by atoms with van der Waals surface area (Å²) in [6, 6.07) is 11.1. The van der Waals surface area contributed by atoms with E-state index in [9.17, 15) is 17.6 Å². The van der Waals surface area contributed by atoms with Gasteiger partial charge >= 0.3 is 0 Å². The van der Waals surface area contributed by atoms with Crippen LogP contribution in [0.3, 0.4) is 0 Å². The third kappa shape index (κ3) is 2.69. The van der Waals surface area contributed by atoms with Crippen molar-refractivity contribution in [3.05, 3.63) is 65.2 Å². The fraction of sp³-hybridized carbons (Fsp3) is 0.190. The van der Waals surface area contributed by atoms with E-state index < -0.39 is 34.2 Å². The summed E-state index contributed by atoms with van der Waals surface area (Å²) in [5.74, 6) is -6.97. The summed E-state index contributed by atoms with van der Waals surface area (Å²) in [6.07, 6.45) is 0. The van der Waals surface area contributed by atoms with Gasteiger partial charge in [0.2, 0.25) is 0 Å². The van der Waals surface area contributed by atoms with Crippen molar-refractivity contribution in [3.63, 3.8) is 0 Å². The molecule has 1 heterocycles. The number of nitrogens with zero attached hydrogens (tertiary/aromatic N) is 3. The van der Waals surface area contributed by atoms with Crippen molar-refractivity contribution in [2.24, 2.45) is 0 Å². The van der Waals surface area contributed by atoms with Gasteiger partial charge in [0, 0.05) is 5.56 Å². The van der Waals surface area contributed by atoms with Crippen LogP contribution in [0.1, 0.15) is 26.3 Å². The minimum atomic E-state index is -1.93. The minimum Gasteiger partial charge on any atom is -0.203 e. The van der Waals surface area contributed by atoms with Gasteiger partial charge in [0.1, 0.15) is 11.2 Å². The Labute approximate surface area is 158 Å². The second-order valence-electron chi connectivity index (χ2n) is 7.61. The quantitative estimate of drug-likeness (QED) is 0.240. The molecule has 0 amide bonds. The number of hydrogen-bond donors (Lipinski definition) is 0. The summed E-state index contributed by atoms with van der Waals surface area (Å²) in [4.78, 5) is 0. The van der Waals surface area contributed by atoms with Crippen LogP contribution in [0.2, 0.25) is 0 Å². The molecular weight excluding hydrogens is 370 g/mol. The van der Waals surface area contributed by atoms with E-state index in [1.807, 2.05) is 45.0 Å². The second kappa shape index (κ2) is 6.22. The van der Waals surface area contributed by atoms with E-state index in [2.05, 4.69) is 15.4 Å². The molecule has 0 aliphatic heterocycles. The van der Waals surface area contributed by atoms with Crippen LogP contribution >= 0.6 is 0 Å². The zero-order valence-electron chi connectivity index (χ0n) is 15.3. The van der Waals surface area contributed by atoms with Crippen molar-refractivity contribution in [3.8, 4) is 11.3 Å². The predicted octanol–water partition coefficient (Wildman–Crippen LogP) is 5.70. The number of halogens is 4. The van der Waals surface area contributed by atoms with E-state index in [4.69, 9.17) is 0 Å². The molecular formula is C21H15F4N3. The lowest BCUT2D eigenvalue weighted by Gasteiger charge is -2.22. The van der Waals surface area contributed by atoms with Crippen molar-refractivity contribution in [1.82, 2.24) is 15.4 Å². The molecule has 0 fully saturated rings. The third-order valence-electron chi connectivity index (χ3n) is 4.71. The van der Waals surface area contributed by atoms with E-state index >= 15 is 0 Å². The van der Waals surface area contributed by atoms with Crippen molar-refractivity contribution < 1.29 is 17.6 Å². The molecule has 0 bridgehead atoms. The van der Waals surface area contributed by atoms with Crippen LogP contribution in [0.25, 0.3) is 32.9 Å². The van der Waals surface area contributed by atoms with Crippen LogP contribution in [-0.2, 0) is 5.41 Å². The van der Waals surface area contributed by atoms with Gasteiger partial charge in [-0.2, -0.15) is 0 Å². The van der Waals surface area contributed by atoms with Crippen LogP contribution in [0.5, 0.6) is 0 Å². The van der Waals surface area contributed by atoms with Crippen LogP contribution in [-0.4, -0.2) is 15.4 Å². The average molecular weight is 385 g/mol. The van der Waals surface area contributed by atoms with Gasteiger partial charge in [-0.1, -0.05) is 45.0 Å². The van der Waals surface area contributed by atoms with E-state index in [1.165, 1.54) is 0 Å². The fourth-order valence-corrected chi connectivity index (χ4v) is 3.36. The van der Waals surface area contributed by atoms with Gasteiger partial charge in [0.15, 0.2) is 23.3 Å². The Morgan fingerprint density at radius 3 is 2.18 bits per heavy atom. The first-order valence-electron chi connectivity index (χ1n) is 8.59. The van der Waals surface area contributed by atoms with Crippen molar-refractivity contribution in [2.45, 2.75) is 26.2 Å². The molecule has 0 N–H and O–H groups in total. The summed E-state index contributed by atoms with van der Waals surface area (Å²) in [6.45, 7) is 6.05. The molecule has 4 aromatic rings. The monoisotopic (exact) mass is 385 g/mol. The first-order valence-corrected chi connectivity index (χ1v) is 8.59. The number of benzene rings is 3. The molecule has 0 unspecified atom stereocenters. The van der Waals surface area contributed by atoms with Crippen molar-refractivity contribution >= 4 is 21.7 Å². The maximum Gasteiger partial charge on any atom is 0.199 e. The second-order valence-corrected chi connectivity index (χ2v) is 7.61. The topological polar surface area (TPSA) is 38.7 Å². The van der Waals surface area contributed by atoms with Crippen LogP contribution in [0, 0.1) is 23.3 Å². The highest BCUT2D eigenvalue weighted by Crippen LogP contribution is 2.37. The summed E-state index contributed by atoms with van der Waals surface area (Å²) in [7, 11) is 0. The highest BCUT2D eigenvalue weighted by molar-refractivity contribution is 5.97. The minimum absolute atomic E-state index is 0.100. The SMILES string of the molecule is CC(C)(C)c1cc(-c2nnnc3c(F)c(F)c(F)c(F)c23)cc2ccccc12. The fourth-order valence-electron chi connectivity index (χ4n) is 3.36. The molecule has 142 valence electrons. The van der Waals surface area contributed by atoms with Gasteiger partial charge < -0.3 is 0 Å². The molecule has 0 aliphatic rings. The molecule has 4 rings (SSSR count). The van der Waals surface area contributed by atoms with Crippen LogP contribution in [0.15, 0.2) is 36.4 Å². The highest BCUT2D eigenvalue weighted by Gasteiger charge is 2.26. The molecule has 0 spiro atoms. The van der Waals surface area contributed by atoms with Crippen molar-refractivity contribution in [2.75, 3.05) is 0 Å². The molecule has 0 aliphatic carbocycles. The Kier molecular flexibility index (Phi) is 4.06. The van der Waals surface area contributed by atoms with Crippen LogP contribution in [0.4, 0.5) is 17.6 Å². The predicted molar refractivity (Wildman–Crippen MR) is 98.8 cm³/mol. The maximum atomic E-state index is 14.5. The Balaban J connectivity index is 2.14. The molecule has 3 nitrogen and oxygen atoms in total. The van der Waals surface area contributed by atoms with Gasteiger partial charge in [0.25, 0.3) is 0 Å². The standard InChI is InChI=1S/C21H15F4N3/c1-21(2,3)13-9-11(8-10-6-4-5-7-12(10)13)19-14-15(22)16(23)17(24)18(25)20(14)27-28-26-19/h4-9H,1-3H3. The van der Waals surface area contributed by atoms with Crippen molar-refractivity contribution in [1.29, 1.82) is 0 Å². The van der Waals surface area contributed by atoms with Gasteiger partial charge in [-0.3, -0.25) is 0 Å². The summed E-state index contributed by atoms with van der Waals surface area (Å²) in [5, 5.41) is 11.9. The number of fused-ring (bicyclic) bond motifs is 2. The third-order valence-corrected chi connectivity index (χ3v) is 4.71. The van der Waals surface area contributed by atoms with Gasteiger partial charge in [-0.25, -0.2) is 17.6 Å². The van der Waals surface area contributed by atoms with E-state index in [-0.39, 0.29) is 11.1 Å². The average Bonchev–Trinajstić information content (AvgIpc) is 2.68. The number of rotatable bonds is 1. The molecule has 0 atom stereocenters. The van der Waals surface area contributed by atoms with E-state index in [0.29, 0.717) is 5.56 Å². The molecule has 1 aromatic heterocycles. The smallest absolute Gasteiger partial charge is 0.199 e. The molecule has 0 saturated heterocycles. The lowest BCUT2D eigenvalue weighted by molar-refractivity contribution is 0.416. The molecule has 3 aromatic carbocycles. The molecule has 0 saturated carbocycles. The number of hydrogen-bond acceptors (Lipinski definition) is 3. The summed E-state index contributed by atoms with van der Waals surface area (Å²) >= 11 is 0. The lowest BCUT2D eigenvalue weighted by atomic mass is 9.82. The van der Waals surface area contributed by atoms with Gasteiger partial charge in [-0.15, -0.1) is 10.2 Å². The largest absolute Gasteiger partial charge is 0.203 e. The van der Waals surface area contributed by atoms with E-state index in [1.54, 1.807) is 12.1 Å². The first kappa shape index (κ1) is 18.3. The normalized spacial score (nSPS) is 12.1. The van der Waals surface area contributed by atoms with Crippen LogP contribution < -0.4 is 0 Å². The Bertz CT molecular complexity index is 1250. The Hall–Kier alpha value is -3.09. The zero-order valence-corrected chi connectivity index (χ0v) is 15.3. The van der Waals surface area contributed by atoms with E-state index in [0.717, 1.165) is 16.3 Å². The highest BCUT2D eigenvalue weighted by atomic mass is 19.2. The Morgan fingerprint density at radius 2 is 1.46 bits per heavy atom. The summed E-state index contributed by atoms with van der Waals surface area (Å²) < 4.78 is 56.2. The maximum absolute atomic E-state index is 14.5.